The van der Waals surface area contributed by atoms with Crippen molar-refractivity contribution in [3.8, 4) is 34.5 Å². The zero-order valence-corrected chi connectivity index (χ0v) is 12.4. The van der Waals surface area contributed by atoms with Crippen LogP contribution >= 0.6 is 0 Å². The summed E-state index contributed by atoms with van der Waals surface area (Å²) in [6.07, 6.45) is 0. The number of halogens is 3. The number of hydrogen-bond donors (Lipinski definition) is 0. The fraction of sp³-hybridized carbons (Fsp3) is 0. The van der Waals surface area contributed by atoms with E-state index in [0.29, 0.717) is 16.4 Å². The van der Waals surface area contributed by atoms with E-state index in [1.54, 1.807) is 0 Å². The Morgan fingerprint density at radius 1 is 0.480 bits per heavy atom. The zero-order valence-electron chi connectivity index (χ0n) is 12.4. The van der Waals surface area contributed by atoms with Crippen molar-refractivity contribution < 1.29 is 27.4 Å². The summed E-state index contributed by atoms with van der Waals surface area (Å²) in [5.41, 5.74) is 1.89. The summed E-state index contributed by atoms with van der Waals surface area (Å²) in [7, 11) is 0. The van der Waals surface area contributed by atoms with Crippen LogP contribution in [0.15, 0.2) is 36.4 Å². The monoisotopic (exact) mass is 338 g/mol. The van der Waals surface area contributed by atoms with Crippen LogP contribution in [0.25, 0.3) is 0 Å². The van der Waals surface area contributed by atoms with Gasteiger partial charge in [-0.15, -0.1) is 0 Å². The Morgan fingerprint density at radius 3 is 0.960 bits per heavy atom. The first-order valence-electron chi connectivity index (χ1n) is 7.62. The molecule has 0 spiro atoms. The number of ether oxygens (including phenoxy) is 3. The van der Waals surface area contributed by atoms with Crippen LogP contribution in [0.1, 0.15) is 0 Å². The molecule has 3 aliphatic heterocycles. The lowest BCUT2D eigenvalue weighted by molar-refractivity contribution is 0.428. The molecule has 3 aromatic carbocycles. The lowest BCUT2D eigenvalue weighted by Gasteiger charge is -2.37. The van der Waals surface area contributed by atoms with E-state index in [0.717, 1.165) is 0 Å². The third kappa shape index (κ3) is 1.58. The molecule has 7 heteroatoms. The van der Waals surface area contributed by atoms with Gasteiger partial charge in [0.15, 0.2) is 0 Å². The molecule has 3 aromatic rings. The van der Waals surface area contributed by atoms with Crippen molar-refractivity contribution in [1.29, 1.82) is 0 Å². The van der Waals surface area contributed by atoms with Crippen molar-refractivity contribution in [1.82, 2.24) is 0 Å². The molecule has 120 valence electrons. The molecule has 0 bridgehead atoms. The number of rotatable bonds is 0. The fourth-order valence-corrected chi connectivity index (χ4v) is 3.86. The summed E-state index contributed by atoms with van der Waals surface area (Å²) in [6, 6.07) is 7.41. The third-order valence-corrected chi connectivity index (χ3v) is 4.73. The molecule has 0 fully saturated rings. The first-order valence-corrected chi connectivity index (χ1v) is 7.62. The Bertz CT molecular complexity index is 918. The van der Waals surface area contributed by atoms with Gasteiger partial charge in [0.1, 0.15) is 51.9 Å². The van der Waals surface area contributed by atoms with Gasteiger partial charge < -0.3 is 14.2 Å². The van der Waals surface area contributed by atoms with Gasteiger partial charge in [-0.1, -0.05) is 0 Å². The molecule has 3 nitrogen and oxygen atoms in total. The minimum Gasteiger partial charge on any atom is -0.458 e. The zero-order chi connectivity index (χ0) is 16.9. The summed E-state index contributed by atoms with van der Waals surface area (Å²) < 4.78 is 59.0. The van der Waals surface area contributed by atoms with Gasteiger partial charge >= 0.3 is 0 Å². The predicted octanol–water partition coefficient (Wildman–Crippen LogP) is 2.94. The summed E-state index contributed by atoms with van der Waals surface area (Å²) in [5, 5.41) is 0. The van der Waals surface area contributed by atoms with E-state index in [2.05, 4.69) is 0 Å². The molecule has 25 heavy (non-hydrogen) atoms. The van der Waals surface area contributed by atoms with Crippen LogP contribution in [0.3, 0.4) is 0 Å². The second kappa shape index (κ2) is 4.11. The van der Waals surface area contributed by atoms with Gasteiger partial charge in [0.05, 0.1) is 0 Å². The van der Waals surface area contributed by atoms with Gasteiger partial charge in [0.2, 0.25) is 0 Å². The van der Waals surface area contributed by atoms with E-state index in [4.69, 9.17) is 14.2 Å². The molecule has 0 unspecified atom stereocenters. The SMILES string of the molecule is Fc1cc2c3c(c1)Oc1cc(F)cc4c1B3c1c(cc(F)cc1O4)O2. The van der Waals surface area contributed by atoms with Gasteiger partial charge in [-0.25, -0.2) is 13.2 Å². The molecular formula is C18H6BF3O3. The Balaban J connectivity index is 1.78. The maximum absolute atomic E-state index is 14.0. The summed E-state index contributed by atoms with van der Waals surface area (Å²) in [4.78, 5) is 0. The lowest BCUT2D eigenvalue weighted by atomic mass is 9.34. The average Bonchev–Trinajstić information content (AvgIpc) is 2.52. The summed E-state index contributed by atoms with van der Waals surface area (Å²) in [5.74, 6) is -0.126. The van der Waals surface area contributed by atoms with Crippen LogP contribution in [-0.2, 0) is 0 Å². The lowest BCUT2D eigenvalue weighted by Crippen LogP contribution is -2.59. The average molecular weight is 338 g/mol. The standard InChI is InChI=1S/C18H6BF3O3/c20-7-1-10-16-11(2-7)24-14-5-9(22)6-15-18(14)19(16)17-12(23-10)3-8(21)4-13(17)25-15/h1-6H. The largest absolute Gasteiger partial charge is 0.458 e. The van der Waals surface area contributed by atoms with Crippen molar-refractivity contribution in [3.05, 3.63) is 53.8 Å². The highest BCUT2D eigenvalue weighted by Crippen LogP contribution is 2.42. The maximum Gasteiger partial charge on any atom is 0.270 e. The first-order chi connectivity index (χ1) is 12.1. The summed E-state index contributed by atoms with van der Waals surface area (Å²) >= 11 is 0. The molecular weight excluding hydrogens is 332 g/mol. The quantitative estimate of drug-likeness (QED) is 0.399. The topological polar surface area (TPSA) is 27.7 Å². The minimum absolute atomic E-state index is 0.256. The Morgan fingerprint density at radius 2 is 0.720 bits per heavy atom. The van der Waals surface area contributed by atoms with Crippen LogP contribution in [0.5, 0.6) is 34.5 Å². The summed E-state index contributed by atoms with van der Waals surface area (Å²) in [6.45, 7) is -0.391. The molecule has 0 amide bonds. The molecule has 3 aliphatic rings. The normalized spacial score (nSPS) is 14.3. The van der Waals surface area contributed by atoms with E-state index in [1.807, 2.05) is 0 Å². The van der Waals surface area contributed by atoms with Crippen molar-refractivity contribution in [2.45, 2.75) is 0 Å². The van der Waals surface area contributed by atoms with E-state index in [1.165, 1.54) is 36.4 Å². The van der Waals surface area contributed by atoms with Crippen molar-refractivity contribution in [2.75, 3.05) is 0 Å². The fourth-order valence-electron chi connectivity index (χ4n) is 3.86. The Kier molecular flexibility index (Phi) is 2.18. The van der Waals surface area contributed by atoms with Crippen LogP contribution < -0.4 is 30.6 Å². The molecule has 0 saturated heterocycles. The Hall–Kier alpha value is -3.09. The van der Waals surface area contributed by atoms with E-state index in [-0.39, 0.29) is 34.5 Å². The number of benzene rings is 3. The van der Waals surface area contributed by atoms with Gasteiger partial charge in [-0.2, -0.15) is 0 Å². The highest BCUT2D eigenvalue weighted by Gasteiger charge is 2.47. The van der Waals surface area contributed by atoms with Gasteiger partial charge in [0, 0.05) is 52.8 Å². The van der Waals surface area contributed by atoms with Gasteiger partial charge in [0.25, 0.3) is 6.71 Å². The molecule has 0 saturated carbocycles. The predicted molar refractivity (Wildman–Crippen MR) is 84.1 cm³/mol. The van der Waals surface area contributed by atoms with Crippen molar-refractivity contribution in [3.63, 3.8) is 0 Å². The van der Waals surface area contributed by atoms with Crippen LogP contribution in [0.4, 0.5) is 13.2 Å². The van der Waals surface area contributed by atoms with Crippen LogP contribution in [0.2, 0.25) is 0 Å². The van der Waals surface area contributed by atoms with Gasteiger partial charge in [-0.3, -0.25) is 0 Å². The van der Waals surface area contributed by atoms with Crippen LogP contribution in [-0.4, -0.2) is 6.71 Å². The second-order valence-electron chi connectivity index (χ2n) is 6.19. The van der Waals surface area contributed by atoms with Gasteiger partial charge in [-0.05, 0) is 0 Å². The Labute approximate surface area is 139 Å². The third-order valence-electron chi connectivity index (χ3n) is 4.73. The molecule has 0 aromatic heterocycles. The van der Waals surface area contributed by atoms with Crippen molar-refractivity contribution >= 4 is 23.1 Å². The maximum atomic E-state index is 14.0. The molecule has 0 atom stereocenters. The first kappa shape index (κ1) is 13.2. The molecule has 0 N–H and O–H groups in total. The minimum atomic E-state index is -0.555. The second-order valence-corrected chi connectivity index (χ2v) is 6.19. The van der Waals surface area contributed by atoms with E-state index in [9.17, 15) is 13.2 Å². The molecule has 0 radical (unpaired) electrons. The highest BCUT2D eigenvalue weighted by atomic mass is 19.1. The number of hydrogen-bond acceptors (Lipinski definition) is 3. The van der Waals surface area contributed by atoms with E-state index >= 15 is 0 Å². The molecule has 0 aliphatic carbocycles. The van der Waals surface area contributed by atoms with E-state index < -0.39 is 24.2 Å². The smallest absolute Gasteiger partial charge is 0.270 e. The highest BCUT2D eigenvalue weighted by molar-refractivity contribution is 6.99. The molecule has 3 heterocycles. The van der Waals surface area contributed by atoms with Crippen LogP contribution in [0, 0.1) is 17.5 Å². The van der Waals surface area contributed by atoms with Crippen molar-refractivity contribution in [2.24, 2.45) is 0 Å². The molecule has 6 rings (SSSR count).